The van der Waals surface area contributed by atoms with Gasteiger partial charge in [-0.2, -0.15) is 5.10 Å². The van der Waals surface area contributed by atoms with Gasteiger partial charge in [-0.05, 0) is 30.3 Å². The molecule has 0 aliphatic carbocycles. The highest BCUT2D eigenvalue weighted by atomic mass is 35.5. The van der Waals surface area contributed by atoms with Crippen molar-refractivity contribution in [1.82, 2.24) is 20.2 Å². The lowest BCUT2D eigenvalue weighted by Gasteiger charge is -2.17. The first-order valence-corrected chi connectivity index (χ1v) is 8.69. The van der Waals surface area contributed by atoms with Gasteiger partial charge in [-0.25, -0.2) is 4.98 Å². The predicted octanol–water partition coefficient (Wildman–Crippen LogP) is 3.95. The highest BCUT2D eigenvalue weighted by Gasteiger charge is 2.17. The molecule has 3 heterocycles. The average Bonchev–Trinajstić information content (AvgIpc) is 3.05. The Bertz CT molecular complexity index is 1090. The van der Waals surface area contributed by atoms with Gasteiger partial charge in [0.1, 0.15) is 17.3 Å². The van der Waals surface area contributed by atoms with E-state index in [-0.39, 0.29) is 0 Å². The number of nitrogens with two attached hydrogens (primary N) is 2. The van der Waals surface area contributed by atoms with Crippen molar-refractivity contribution >= 4 is 39.9 Å². The molecule has 0 spiro atoms. The highest BCUT2D eigenvalue weighted by molar-refractivity contribution is 6.35. The van der Waals surface area contributed by atoms with Crippen molar-refractivity contribution in [3.05, 3.63) is 64.5 Å². The third-order valence-electron chi connectivity index (χ3n) is 4.03. The summed E-state index contributed by atoms with van der Waals surface area (Å²) in [5.41, 5.74) is 14.7. The number of rotatable bonds is 4. The summed E-state index contributed by atoms with van der Waals surface area (Å²) >= 11 is 12.3. The van der Waals surface area contributed by atoms with Crippen LogP contribution in [0.3, 0.4) is 0 Å². The van der Waals surface area contributed by atoms with Gasteiger partial charge in [0.2, 0.25) is 0 Å². The van der Waals surface area contributed by atoms with E-state index in [4.69, 9.17) is 39.4 Å². The molecule has 0 saturated heterocycles. The summed E-state index contributed by atoms with van der Waals surface area (Å²) in [6.07, 6.45) is 3.76. The lowest BCUT2D eigenvalue weighted by atomic mass is 10.1. The summed E-state index contributed by atoms with van der Waals surface area (Å²) in [6.45, 7) is 0. The molecule has 1 aromatic carbocycles. The predicted molar refractivity (Wildman–Crippen MR) is 106 cm³/mol. The highest BCUT2D eigenvalue weighted by Crippen LogP contribution is 2.33. The first-order chi connectivity index (χ1) is 13.0. The maximum Gasteiger partial charge on any atom is 0.177 e. The van der Waals surface area contributed by atoms with Crippen LogP contribution in [0.1, 0.15) is 11.8 Å². The Labute approximate surface area is 164 Å². The zero-order chi connectivity index (χ0) is 19.0. The number of hydrogen-bond donors (Lipinski definition) is 3. The Kier molecular flexibility index (Phi) is 4.57. The maximum atomic E-state index is 6.15. The topological polar surface area (TPSA) is 116 Å². The smallest absolute Gasteiger partial charge is 0.177 e. The third-order valence-corrected chi connectivity index (χ3v) is 4.63. The van der Waals surface area contributed by atoms with Crippen LogP contribution in [0, 0.1) is 0 Å². The van der Waals surface area contributed by atoms with Crippen LogP contribution in [-0.4, -0.2) is 20.2 Å². The molecule has 0 radical (unpaired) electrons. The third kappa shape index (κ3) is 3.40. The van der Waals surface area contributed by atoms with Crippen molar-refractivity contribution in [1.29, 1.82) is 0 Å². The number of ether oxygens (including phenoxy) is 1. The zero-order valence-electron chi connectivity index (χ0n) is 13.9. The van der Waals surface area contributed by atoms with Gasteiger partial charge < -0.3 is 10.5 Å². The van der Waals surface area contributed by atoms with Gasteiger partial charge in [-0.1, -0.05) is 23.2 Å². The first kappa shape index (κ1) is 17.5. The van der Waals surface area contributed by atoms with E-state index >= 15 is 0 Å². The number of nitrogen functional groups attached to an aromatic ring is 1. The van der Waals surface area contributed by atoms with Gasteiger partial charge in [-0.15, -0.1) is 0 Å². The minimum atomic E-state index is -0.848. The lowest BCUT2D eigenvalue weighted by molar-refractivity contribution is 0.214. The minimum Gasteiger partial charge on any atom is -0.471 e. The Hall–Kier alpha value is -2.87. The number of benzene rings is 1. The van der Waals surface area contributed by atoms with Crippen LogP contribution in [0.2, 0.25) is 10.0 Å². The van der Waals surface area contributed by atoms with E-state index in [0.29, 0.717) is 27.2 Å². The Morgan fingerprint density at radius 1 is 1.04 bits per heavy atom. The molecule has 0 aliphatic rings. The molecule has 0 bridgehead atoms. The average molecular weight is 401 g/mol. The van der Waals surface area contributed by atoms with E-state index in [1.807, 2.05) is 18.2 Å². The molecule has 0 aliphatic heterocycles. The van der Waals surface area contributed by atoms with Gasteiger partial charge in [-0.3, -0.25) is 15.8 Å². The van der Waals surface area contributed by atoms with Crippen LogP contribution in [-0.2, 0) is 0 Å². The van der Waals surface area contributed by atoms with Crippen molar-refractivity contribution in [3.63, 3.8) is 0 Å². The fourth-order valence-electron chi connectivity index (χ4n) is 2.73. The van der Waals surface area contributed by atoms with Crippen molar-refractivity contribution in [2.24, 2.45) is 5.73 Å². The summed E-state index contributed by atoms with van der Waals surface area (Å²) in [5, 5.41) is 8.89. The van der Waals surface area contributed by atoms with Crippen LogP contribution in [0.25, 0.3) is 22.2 Å². The van der Waals surface area contributed by atoms with Gasteiger partial charge >= 0.3 is 0 Å². The second-order valence-electron chi connectivity index (χ2n) is 5.81. The maximum absolute atomic E-state index is 6.15. The fraction of sp³-hybridized carbons (Fsp3) is 0.0556. The summed E-state index contributed by atoms with van der Waals surface area (Å²) in [6, 6.07) is 9.06. The standard InChI is InChI=1S/C18H14Cl2N6O/c19-12-7-23-8-13(20)16(12)18(22)27-10-2-3-14-11(5-10)17(26-25-14)9-1-4-15(21)24-6-9/h1-8,18H,22H2,(H2,21,24)(H,25,26)/t18-/m0/s1. The largest absolute Gasteiger partial charge is 0.471 e. The molecule has 0 fully saturated rings. The minimum absolute atomic E-state index is 0.341. The van der Waals surface area contributed by atoms with E-state index in [0.717, 1.165) is 22.2 Å². The molecule has 4 aromatic rings. The number of H-pyrrole nitrogens is 1. The molecule has 1 atom stereocenters. The number of fused-ring (bicyclic) bond motifs is 1. The number of nitrogens with zero attached hydrogens (tertiary/aromatic N) is 3. The molecule has 27 heavy (non-hydrogen) atoms. The molecule has 7 nitrogen and oxygen atoms in total. The molecule has 5 N–H and O–H groups in total. The Balaban J connectivity index is 1.69. The monoisotopic (exact) mass is 400 g/mol. The van der Waals surface area contributed by atoms with Gasteiger partial charge in [0, 0.05) is 35.1 Å². The molecular formula is C18H14Cl2N6O. The van der Waals surface area contributed by atoms with Crippen LogP contribution in [0.4, 0.5) is 5.82 Å². The lowest BCUT2D eigenvalue weighted by Crippen LogP contribution is -2.18. The van der Waals surface area contributed by atoms with Crippen LogP contribution < -0.4 is 16.2 Å². The zero-order valence-corrected chi connectivity index (χ0v) is 15.4. The van der Waals surface area contributed by atoms with Gasteiger partial charge in [0.25, 0.3) is 0 Å². The number of hydrogen-bond acceptors (Lipinski definition) is 6. The van der Waals surface area contributed by atoms with E-state index in [9.17, 15) is 0 Å². The SMILES string of the molecule is Nc1ccc(-c2n[nH]c3ccc(O[C@H](N)c4c(Cl)cncc4Cl)cc23)cn1. The summed E-state index contributed by atoms with van der Waals surface area (Å²) in [4.78, 5) is 8.03. The molecule has 0 saturated carbocycles. The number of aromatic amines is 1. The van der Waals surface area contributed by atoms with E-state index < -0.39 is 6.23 Å². The summed E-state index contributed by atoms with van der Waals surface area (Å²) in [7, 11) is 0. The van der Waals surface area contributed by atoms with Crippen molar-refractivity contribution in [2.75, 3.05) is 5.73 Å². The normalized spacial score (nSPS) is 12.3. The molecule has 136 valence electrons. The second-order valence-corrected chi connectivity index (χ2v) is 6.62. The van der Waals surface area contributed by atoms with Crippen molar-refractivity contribution < 1.29 is 4.74 Å². The molecule has 3 aromatic heterocycles. The molecule has 0 amide bonds. The number of aromatic nitrogens is 4. The van der Waals surface area contributed by atoms with Crippen LogP contribution in [0.15, 0.2) is 48.9 Å². The van der Waals surface area contributed by atoms with Gasteiger partial charge in [0.05, 0.1) is 15.6 Å². The molecule has 4 rings (SSSR count). The Morgan fingerprint density at radius 2 is 1.81 bits per heavy atom. The quantitative estimate of drug-likeness (QED) is 0.446. The van der Waals surface area contributed by atoms with Crippen LogP contribution in [0.5, 0.6) is 5.75 Å². The summed E-state index contributed by atoms with van der Waals surface area (Å²) in [5.74, 6) is 0.990. The van der Waals surface area contributed by atoms with Crippen molar-refractivity contribution in [2.45, 2.75) is 6.23 Å². The summed E-state index contributed by atoms with van der Waals surface area (Å²) < 4.78 is 5.85. The number of pyridine rings is 2. The van der Waals surface area contributed by atoms with Crippen LogP contribution >= 0.6 is 23.2 Å². The Morgan fingerprint density at radius 3 is 2.52 bits per heavy atom. The number of nitrogens with one attached hydrogen (secondary N) is 1. The second kappa shape index (κ2) is 7.03. The molecule has 9 heteroatoms. The first-order valence-electron chi connectivity index (χ1n) is 7.94. The van der Waals surface area contributed by atoms with E-state index in [2.05, 4.69) is 20.2 Å². The molecule has 0 unspecified atom stereocenters. The van der Waals surface area contributed by atoms with Crippen molar-refractivity contribution in [3.8, 4) is 17.0 Å². The van der Waals surface area contributed by atoms with E-state index in [1.165, 1.54) is 12.4 Å². The fourth-order valence-corrected chi connectivity index (χ4v) is 3.31. The number of halogens is 2. The number of anilines is 1. The van der Waals surface area contributed by atoms with Gasteiger partial charge in [0.15, 0.2) is 6.23 Å². The van der Waals surface area contributed by atoms with E-state index in [1.54, 1.807) is 18.3 Å². The molecular weight excluding hydrogens is 387 g/mol.